The molecule has 7 nitrogen and oxygen atoms in total. The number of methoxy groups -OCH3 is 3. The second-order valence-electron chi connectivity index (χ2n) is 5.53. The van der Waals surface area contributed by atoms with Crippen molar-refractivity contribution < 1.29 is 23.8 Å². The molecule has 1 aromatic rings. The van der Waals surface area contributed by atoms with E-state index in [1.807, 2.05) is 12.1 Å². The minimum Gasteiger partial charge on any atom is -0.493 e. The van der Waals surface area contributed by atoms with Gasteiger partial charge in [-0.25, -0.2) is 0 Å². The zero-order chi connectivity index (χ0) is 18.4. The van der Waals surface area contributed by atoms with Crippen molar-refractivity contribution in [2.24, 2.45) is 0 Å². The van der Waals surface area contributed by atoms with E-state index in [1.165, 1.54) is 6.92 Å². The molecule has 0 spiro atoms. The predicted molar refractivity (Wildman–Crippen MR) is 95.9 cm³/mol. The zero-order valence-electron chi connectivity index (χ0n) is 14.9. The van der Waals surface area contributed by atoms with Crippen LogP contribution in [-0.4, -0.2) is 63.0 Å². The van der Waals surface area contributed by atoms with Gasteiger partial charge in [-0.2, -0.15) is 0 Å². The lowest BCUT2D eigenvalue weighted by Crippen LogP contribution is -2.47. The van der Waals surface area contributed by atoms with E-state index in [4.69, 9.17) is 14.2 Å². The van der Waals surface area contributed by atoms with Crippen LogP contribution in [0.4, 0.5) is 0 Å². The number of rotatable bonds is 7. The SMILES string of the molecule is COCCNC(=O)[C@@H]1CS[C@@H](c2ccc(OC)c(OC)c2)N1C(C)=O. The molecule has 0 aliphatic carbocycles. The largest absolute Gasteiger partial charge is 0.493 e. The van der Waals surface area contributed by atoms with E-state index >= 15 is 0 Å². The topological polar surface area (TPSA) is 77.1 Å². The van der Waals surface area contributed by atoms with E-state index in [2.05, 4.69) is 5.32 Å². The lowest BCUT2D eigenvalue weighted by molar-refractivity contribution is -0.138. The number of benzene rings is 1. The lowest BCUT2D eigenvalue weighted by Gasteiger charge is -2.28. The fourth-order valence-electron chi connectivity index (χ4n) is 2.75. The molecule has 0 unspecified atom stereocenters. The van der Waals surface area contributed by atoms with Crippen molar-refractivity contribution in [3.63, 3.8) is 0 Å². The van der Waals surface area contributed by atoms with Crippen molar-refractivity contribution in [3.05, 3.63) is 23.8 Å². The van der Waals surface area contributed by atoms with Crippen LogP contribution >= 0.6 is 11.8 Å². The van der Waals surface area contributed by atoms with Crippen molar-refractivity contribution >= 4 is 23.6 Å². The van der Waals surface area contributed by atoms with Crippen LogP contribution in [0.25, 0.3) is 0 Å². The number of hydrogen-bond acceptors (Lipinski definition) is 6. The first-order chi connectivity index (χ1) is 12.0. The Kier molecular flexibility index (Phi) is 6.95. The van der Waals surface area contributed by atoms with Crippen molar-refractivity contribution in [3.8, 4) is 11.5 Å². The standard InChI is InChI=1S/C17H24N2O5S/c1-11(20)19-13(16(21)18-7-8-22-2)10-25-17(19)12-5-6-14(23-3)15(9-12)24-4/h5-6,9,13,17H,7-8,10H2,1-4H3,(H,18,21)/t13-,17-/m0/s1. The van der Waals surface area contributed by atoms with E-state index in [9.17, 15) is 9.59 Å². The van der Waals surface area contributed by atoms with Crippen LogP contribution in [-0.2, 0) is 14.3 Å². The summed E-state index contributed by atoms with van der Waals surface area (Å²) in [6, 6.07) is 5.04. The molecule has 1 aliphatic heterocycles. The van der Waals surface area contributed by atoms with E-state index in [0.717, 1.165) is 5.56 Å². The van der Waals surface area contributed by atoms with E-state index in [-0.39, 0.29) is 17.2 Å². The monoisotopic (exact) mass is 368 g/mol. The number of ether oxygens (including phenoxy) is 3. The highest BCUT2D eigenvalue weighted by Crippen LogP contribution is 2.43. The summed E-state index contributed by atoms with van der Waals surface area (Å²) in [5.41, 5.74) is 0.894. The first kappa shape index (κ1) is 19.4. The summed E-state index contributed by atoms with van der Waals surface area (Å²) in [6.45, 7) is 2.34. The van der Waals surface area contributed by atoms with Crippen molar-refractivity contribution in [2.45, 2.75) is 18.3 Å². The molecule has 0 aromatic heterocycles. The Bertz CT molecular complexity index is 625. The average molecular weight is 368 g/mol. The van der Waals surface area contributed by atoms with Crippen LogP contribution < -0.4 is 14.8 Å². The predicted octanol–water partition coefficient (Wildman–Crippen LogP) is 1.43. The number of carbonyl (C=O) groups is 2. The van der Waals surface area contributed by atoms with Gasteiger partial charge in [-0.1, -0.05) is 6.07 Å². The molecule has 0 bridgehead atoms. The molecule has 8 heteroatoms. The Morgan fingerprint density at radius 2 is 1.96 bits per heavy atom. The Hall–Kier alpha value is -1.93. The molecule has 1 fully saturated rings. The minimum absolute atomic E-state index is 0.142. The molecule has 1 aliphatic rings. The lowest BCUT2D eigenvalue weighted by atomic mass is 10.1. The third-order valence-electron chi connectivity index (χ3n) is 3.96. The third-order valence-corrected chi connectivity index (χ3v) is 5.29. The van der Waals surface area contributed by atoms with Crippen LogP contribution in [0.1, 0.15) is 17.9 Å². The summed E-state index contributed by atoms with van der Waals surface area (Å²) >= 11 is 1.56. The fraction of sp³-hybridized carbons (Fsp3) is 0.529. The summed E-state index contributed by atoms with van der Waals surface area (Å²) < 4.78 is 15.5. The maximum Gasteiger partial charge on any atom is 0.243 e. The number of amides is 2. The second kappa shape index (κ2) is 8.96. The van der Waals surface area contributed by atoms with E-state index in [1.54, 1.807) is 44.1 Å². The zero-order valence-corrected chi connectivity index (χ0v) is 15.7. The highest BCUT2D eigenvalue weighted by atomic mass is 32.2. The third kappa shape index (κ3) is 4.38. The van der Waals surface area contributed by atoms with Gasteiger partial charge >= 0.3 is 0 Å². The van der Waals surface area contributed by atoms with Gasteiger partial charge in [0.25, 0.3) is 0 Å². The van der Waals surface area contributed by atoms with Crippen LogP contribution in [0.3, 0.4) is 0 Å². The molecule has 1 heterocycles. The average Bonchev–Trinajstić information content (AvgIpc) is 3.06. The molecule has 0 saturated carbocycles. The summed E-state index contributed by atoms with van der Waals surface area (Å²) in [6.07, 6.45) is 0. The van der Waals surface area contributed by atoms with Gasteiger partial charge in [0.15, 0.2) is 11.5 Å². The van der Waals surface area contributed by atoms with Crippen molar-refractivity contribution in [1.29, 1.82) is 0 Å². The van der Waals surface area contributed by atoms with Gasteiger partial charge in [-0.3, -0.25) is 9.59 Å². The summed E-state index contributed by atoms with van der Waals surface area (Å²) in [5, 5.41) is 2.57. The second-order valence-corrected chi connectivity index (χ2v) is 6.64. The van der Waals surface area contributed by atoms with Gasteiger partial charge in [0, 0.05) is 26.3 Å². The maximum atomic E-state index is 12.4. The molecular weight excluding hydrogens is 344 g/mol. The number of nitrogens with one attached hydrogen (secondary N) is 1. The fourth-order valence-corrected chi connectivity index (χ4v) is 4.22. The molecule has 2 rings (SSSR count). The molecule has 1 aromatic carbocycles. The first-order valence-corrected chi connectivity index (χ1v) is 8.97. The Balaban J connectivity index is 2.21. The van der Waals surface area contributed by atoms with Crippen LogP contribution in [0.15, 0.2) is 18.2 Å². The maximum absolute atomic E-state index is 12.4. The normalized spacial score (nSPS) is 19.6. The molecule has 0 radical (unpaired) electrons. The molecule has 25 heavy (non-hydrogen) atoms. The summed E-state index contributed by atoms with van der Waals surface area (Å²) in [5.74, 6) is 1.45. The van der Waals surface area contributed by atoms with Crippen LogP contribution in [0.2, 0.25) is 0 Å². The van der Waals surface area contributed by atoms with Gasteiger partial charge < -0.3 is 24.4 Å². The number of carbonyl (C=O) groups excluding carboxylic acids is 2. The molecule has 138 valence electrons. The highest BCUT2D eigenvalue weighted by molar-refractivity contribution is 7.99. The van der Waals surface area contributed by atoms with E-state index < -0.39 is 6.04 Å². The van der Waals surface area contributed by atoms with Gasteiger partial charge in [0.1, 0.15) is 11.4 Å². The van der Waals surface area contributed by atoms with Gasteiger partial charge in [0.2, 0.25) is 11.8 Å². The van der Waals surface area contributed by atoms with E-state index in [0.29, 0.717) is 30.4 Å². The molecule has 2 amide bonds. The quantitative estimate of drug-likeness (QED) is 0.734. The Morgan fingerprint density at radius 3 is 2.56 bits per heavy atom. The van der Waals surface area contributed by atoms with Crippen molar-refractivity contribution in [2.75, 3.05) is 40.2 Å². The number of thioether (sulfide) groups is 1. The Labute approximate surface area is 152 Å². The molecular formula is C17H24N2O5S. The van der Waals surface area contributed by atoms with Crippen LogP contribution in [0.5, 0.6) is 11.5 Å². The van der Waals surface area contributed by atoms with Gasteiger partial charge in [-0.15, -0.1) is 11.8 Å². The van der Waals surface area contributed by atoms with Crippen molar-refractivity contribution in [1.82, 2.24) is 10.2 Å². The Morgan fingerprint density at radius 1 is 1.24 bits per heavy atom. The van der Waals surface area contributed by atoms with Crippen LogP contribution in [0, 0.1) is 0 Å². The first-order valence-electron chi connectivity index (χ1n) is 7.92. The summed E-state index contributed by atoms with van der Waals surface area (Å²) in [4.78, 5) is 26.2. The smallest absolute Gasteiger partial charge is 0.243 e. The molecule has 2 atom stereocenters. The number of nitrogens with zero attached hydrogens (tertiary/aromatic N) is 1. The minimum atomic E-state index is -0.502. The number of hydrogen-bond donors (Lipinski definition) is 1. The molecule has 1 saturated heterocycles. The van der Waals surface area contributed by atoms with Gasteiger partial charge in [-0.05, 0) is 17.7 Å². The highest BCUT2D eigenvalue weighted by Gasteiger charge is 2.41. The molecule has 1 N–H and O–H groups in total. The summed E-state index contributed by atoms with van der Waals surface area (Å²) in [7, 11) is 4.72. The van der Waals surface area contributed by atoms with Gasteiger partial charge in [0.05, 0.1) is 20.8 Å².